The number of halogens is 2. The van der Waals surface area contributed by atoms with Crippen molar-refractivity contribution in [3.8, 4) is 0 Å². The van der Waals surface area contributed by atoms with Gasteiger partial charge in [0.05, 0.1) is 17.4 Å². The zero-order chi connectivity index (χ0) is 23.6. The van der Waals surface area contributed by atoms with Crippen molar-refractivity contribution in [1.82, 2.24) is 9.97 Å². The number of amides is 2. The van der Waals surface area contributed by atoms with E-state index in [4.69, 9.17) is 0 Å². The van der Waals surface area contributed by atoms with Gasteiger partial charge in [0.15, 0.2) is 11.6 Å². The zero-order valence-corrected chi connectivity index (χ0v) is 18.8. The number of piperidine rings is 1. The van der Waals surface area contributed by atoms with E-state index in [2.05, 4.69) is 20.2 Å². The van der Waals surface area contributed by atoms with Crippen LogP contribution in [-0.2, 0) is 0 Å². The number of hydrogen-bond acceptors (Lipinski definition) is 4. The number of nitrogens with one attached hydrogen (secondary N) is 2. The topological polar surface area (TPSA) is 81.3 Å². The monoisotopic (exact) mass is 465 g/mol. The fraction of sp³-hybridized carbons (Fsp3) is 0.400. The number of benzene rings is 1. The Morgan fingerprint density at radius 3 is 2.88 bits per heavy atom. The number of anilines is 3. The van der Waals surface area contributed by atoms with Crippen LogP contribution in [0.25, 0.3) is 10.9 Å². The molecule has 2 fully saturated rings. The predicted molar refractivity (Wildman–Crippen MR) is 126 cm³/mol. The van der Waals surface area contributed by atoms with Crippen molar-refractivity contribution >= 4 is 39.9 Å². The quantitative estimate of drug-likeness (QED) is 0.524. The van der Waals surface area contributed by atoms with Gasteiger partial charge in [-0.15, -0.1) is 0 Å². The highest BCUT2D eigenvalue weighted by Crippen LogP contribution is 2.51. The number of rotatable bonds is 4. The van der Waals surface area contributed by atoms with E-state index in [1.54, 1.807) is 23.2 Å². The molecule has 0 unspecified atom stereocenters. The molecule has 2 atom stereocenters. The fourth-order valence-corrected chi connectivity index (χ4v) is 5.18. The van der Waals surface area contributed by atoms with Crippen molar-refractivity contribution in [1.29, 1.82) is 0 Å². The van der Waals surface area contributed by atoms with Gasteiger partial charge in [-0.1, -0.05) is 12.1 Å². The molecule has 176 valence electrons. The van der Waals surface area contributed by atoms with Crippen LogP contribution in [0.1, 0.15) is 41.7 Å². The van der Waals surface area contributed by atoms with Crippen molar-refractivity contribution in [3.63, 3.8) is 0 Å². The standard InChI is InChI=1S/C25H25F2N5O2/c1-14-4-5-17-19(9-14)28-12-20(17)30-24(34)32-16-3-2-8-31(13-16)21-7-6-18(29-23(21)32)22(33)10-15-11-25(15,26)27/h4-7,9,12,15-16,28H,2-3,8,10-11,13H2,1H3,(H,30,34)/t15-,16+/m1/s1. The smallest absolute Gasteiger partial charge is 0.327 e. The average molecular weight is 466 g/mol. The lowest BCUT2D eigenvalue weighted by atomic mass is 9.99. The van der Waals surface area contributed by atoms with Gasteiger partial charge in [0.2, 0.25) is 0 Å². The molecule has 2 N–H and O–H groups in total. The summed E-state index contributed by atoms with van der Waals surface area (Å²) in [6, 6.07) is 8.95. The minimum absolute atomic E-state index is 0.0840. The summed E-state index contributed by atoms with van der Waals surface area (Å²) < 4.78 is 26.7. The number of aromatic nitrogens is 2. The minimum atomic E-state index is -2.75. The molecule has 6 rings (SSSR count). The van der Waals surface area contributed by atoms with E-state index in [-0.39, 0.29) is 30.6 Å². The van der Waals surface area contributed by atoms with E-state index in [0.29, 0.717) is 18.1 Å². The molecule has 9 heteroatoms. The Hall–Kier alpha value is -3.49. The highest BCUT2D eigenvalue weighted by Gasteiger charge is 2.57. The van der Waals surface area contributed by atoms with Crippen molar-refractivity contribution in [2.24, 2.45) is 5.92 Å². The Morgan fingerprint density at radius 1 is 1.26 bits per heavy atom. The number of urea groups is 1. The summed E-state index contributed by atoms with van der Waals surface area (Å²) in [5.41, 5.74) is 3.63. The normalized spacial score (nSPS) is 22.4. The largest absolute Gasteiger partial charge is 0.366 e. The lowest BCUT2D eigenvalue weighted by Gasteiger charge is -2.45. The number of hydrogen-bond donors (Lipinski definition) is 2. The number of H-pyrrole nitrogens is 1. The summed E-state index contributed by atoms with van der Waals surface area (Å²) in [7, 11) is 0. The van der Waals surface area contributed by atoms with Crippen molar-refractivity contribution in [3.05, 3.63) is 47.8 Å². The van der Waals surface area contributed by atoms with Crippen molar-refractivity contribution in [2.75, 3.05) is 28.2 Å². The van der Waals surface area contributed by atoms with E-state index in [1.807, 2.05) is 25.1 Å². The van der Waals surface area contributed by atoms with E-state index in [9.17, 15) is 18.4 Å². The van der Waals surface area contributed by atoms with Crippen LogP contribution in [0, 0.1) is 12.8 Å². The van der Waals surface area contributed by atoms with E-state index >= 15 is 0 Å². The first-order valence-electron chi connectivity index (χ1n) is 11.6. The number of pyridine rings is 1. The Morgan fingerprint density at radius 2 is 2.09 bits per heavy atom. The number of Topliss-reactive ketones (excluding diaryl/α,β-unsaturated/α-hetero) is 1. The maximum atomic E-state index is 13.6. The summed E-state index contributed by atoms with van der Waals surface area (Å²) in [6.07, 6.45) is 3.05. The first-order chi connectivity index (χ1) is 16.3. The molecule has 1 aromatic carbocycles. The van der Waals surface area contributed by atoms with Gasteiger partial charge in [-0.05, 0) is 43.5 Å². The van der Waals surface area contributed by atoms with Crippen LogP contribution >= 0.6 is 0 Å². The molecule has 1 aliphatic carbocycles. The van der Waals surface area contributed by atoms with Crippen LogP contribution in [0.2, 0.25) is 0 Å². The Labute approximate surface area is 195 Å². The third-order valence-corrected chi connectivity index (χ3v) is 7.16. The van der Waals surface area contributed by atoms with Gasteiger partial charge in [0, 0.05) is 48.9 Å². The molecule has 0 spiro atoms. The second-order valence-corrected chi connectivity index (χ2v) is 9.62. The lowest BCUT2D eigenvalue weighted by Crippen LogP contribution is -2.56. The fourth-order valence-electron chi connectivity index (χ4n) is 5.18. The Kier molecular flexibility index (Phi) is 4.65. The molecule has 3 aliphatic rings. The molecule has 3 aromatic rings. The maximum Gasteiger partial charge on any atom is 0.327 e. The molecule has 1 saturated heterocycles. The number of ketones is 1. The number of alkyl halides is 2. The van der Waals surface area contributed by atoms with Crippen molar-refractivity contribution < 1.29 is 18.4 Å². The van der Waals surface area contributed by atoms with Crippen LogP contribution in [0.5, 0.6) is 0 Å². The molecule has 34 heavy (non-hydrogen) atoms. The summed E-state index contributed by atoms with van der Waals surface area (Å²) in [6.45, 7) is 3.55. The molecule has 0 radical (unpaired) electrons. The summed E-state index contributed by atoms with van der Waals surface area (Å²) in [5, 5.41) is 3.92. The van der Waals surface area contributed by atoms with E-state index in [1.165, 1.54) is 0 Å². The molecular formula is C25H25F2N5O2. The van der Waals surface area contributed by atoms with Crippen LogP contribution in [0.4, 0.5) is 30.8 Å². The first-order valence-corrected chi connectivity index (χ1v) is 11.6. The lowest BCUT2D eigenvalue weighted by molar-refractivity contribution is 0.0830. The van der Waals surface area contributed by atoms with Crippen LogP contribution in [0.15, 0.2) is 36.5 Å². The summed E-state index contributed by atoms with van der Waals surface area (Å²) in [4.78, 5) is 37.8. The number of fused-ring (bicyclic) bond motifs is 5. The molecular weight excluding hydrogens is 440 g/mol. The summed E-state index contributed by atoms with van der Waals surface area (Å²) >= 11 is 0. The number of aryl methyl sites for hydroxylation is 1. The summed E-state index contributed by atoms with van der Waals surface area (Å²) in [5.74, 6) is -3.66. The van der Waals surface area contributed by atoms with E-state index < -0.39 is 17.6 Å². The second kappa shape index (κ2) is 7.51. The molecule has 1 saturated carbocycles. The molecule has 2 bridgehead atoms. The molecule has 2 amide bonds. The van der Waals surface area contributed by atoms with Crippen molar-refractivity contribution in [2.45, 2.75) is 44.6 Å². The Bertz CT molecular complexity index is 1320. The third-order valence-electron chi connectivity index (χ3n) is 7.16. The number of carbonyl (C=O) groups is 2. The maximum absolute atomic E-state index is 13.6. The molecule has 2 aromatic heterocycles. The SMILES string of the molecule is Cc1ccc2c(NC(=O)N3c4nc(C(=O)C[C@@H]5CC5(F)F)ccc4N4CCC[C@H]3C4)c[nH]c2c1. The van der Waals surface area contributed by atoms with Crippen LogP contribution < -0.4 is 15.1 Å². The van der Waals surface area contributed by atoms with Crippen LogP contribution in [0.3, 0.4) is 0 Å². The first kappa shape index (κ1) is 21.1. The molecule has 2 aliphatic heterocycles. The third kappa shape index (κ3) is 3.50. The van der Waals surface area contributed by atoms with Gasteiger partial charge in [0.25, 0.3) is 5.92 Å². The number of carbonyl (C=O) groups excluding carboxylic acids is 2. The Balaban J connectivity index is 1.32. The van der Waals surface area contributed by atoms with Gasteiger partial charge in [-0.2, -0.15) is 0 Å². The van der Waals surface area contributed by atoms with Gasteiger partial charge in [0.1, 0.15) is 5.69 Å². The van der Waals surface area contributed by atoms with Gasteiger partial charge in [-0.25, -0.2) is 18.6 Å². The van der Waals surface area contributed by atoms with Gasteiger partial charge in [-0.3, -0.25) is 9.69 Å². The predicted octanol–water partition coefficient (Wildman–Crippen LogP) is 5.12. The second-order valence-electron chi connectivity index (χ2n) is 9.62. The minimum Gasteiger partial charge on any atom is -0.366 e. The molecule has 7 nitrogen and oxygen atoms in total. The number of nitrogens with zero attached hydrogens (tertiary/aromatic N) is 3. The van der Waals surface area contributed by atoms with Gasteiger partial charge < -0.3 is 15.2 Å². The number of aromatic amines is 1. The van der Waals surface area contributed by atoms with Crippen LogP contribution in [-0.4, -0.2) is 46.8 Å². The van der Waals surface area contributed by atoms with E-state index in [0.717, 1.165) is 41.5 Å². The molecule has 4 heterocycles. The highest BCUT2D eigenvalue weighted by molar-refractivity contribution is 6.09. The average Bonchev–Trinajstić information content (AvgIpc) is 3.22. The zero-order valence-electron chi connectivity index (χ0n) is 18.8. The highest BCUT2D eigenvalue weighted by atomic mass is 19.3. The van der Waals surface area contributed by atoms with Gasteiger partial charge >= 0.3 is 6.03 Å².